The van der Waals surface area contributed by atoms with E-state index in [0.717, 1.165) is 11.3 Å². The first kappa shape index (κ1) is 24.0. The summed E-state index contributed by atoms with van der Waals surface area (Å²) >= 11 is 0.901. The van der Waals surface area contributed by atoms with Crippen molar-refractivity contribution in [3.63, 3.8) is 0 Å². The Kier molecular flexibility index (Phi) is 7.86. The molecule has 2 aromatic rings. The quantitative estimate of drug-likeness (QED) is 0.346. The second-order valence-corrected chi connectivity index (χ2v) is 7.67. The summed E-state index contributed by atoms with van der Waals surface area (Å²) in [6, 6.07) is 0.408. The van der Waals surface area contributed by atoms with Crippen LogP contribution < -0.4 is 5.32 Å². The highest BCUT2D eigenvalue weighted by atomic mass is 32.1. The molecule has 0 spiro atoms. The molecule has 1 unspecified atom stereocenters. The molecule has 11 nitrogen and oxygen atoms in total. The van der Waals surface area contributed by atoms with Crippen molar-refractivity contribution in [2.24, 2.45) is 0 Å². The molecule has 0 radical (unpaired) electrons. The zero-order chi connectivity index (χ0) is 23.3. The summed E-state index contributed by atoms with van der Waals surface area (Å²) in [5, 5.41) is 17.7. The van der Waals surface area contributed by atoms with Crippen molar-refractivity contribution in [1.82, 2.24) is 9.78 Å². The number of amides is 1. The van der Waals surface area contributed by atoms with Crippen LogP contribution in [0.2, 0.25) is 0 Å². The Morgan fingerprint density at radius 1 is 1.29 bits per heavy atom. The fourth-order valence-corrected chi connectivity index (χ4v) is 4.06. The highest BCUT2D eigenvalue weighted by Crippen LogP contribution is 2.35. The summed E-state index contributed by atoms with van der Waals surface area (Å²) in [5.41, 5.74) is 0.853. The number of esters is 2. The van der Waals surface area contributed by atoms with Gasteiger partial charge in [-0.2, -0.15) is 4.68 Å². The number of carbonyl (C=O) groups excluding carboxylic acids is 3. The van der Waals surface area contributed by atoms with Crippen LogP contribution in [0.1, 0.15) is 64.0 Å². The van der Waals surface area contributed by atoms with Gasteiger partial charge in [-0.05, 0) is 37.2 Å². The number of methoxy groups -OCH3 is 1. The number of aromatic nitrogens is 2. The van der Waals surface area contributed by atoms with Crippen molar-refractivity contribution in [2.45, 2.75) is 46.6 Å². The summed E-state index contributed by atoms with van der Waals surface area (Å²) in [4.78, 5) is 48.2. The van der Waals surface area contributed by atoms with E-state index in [1.54, 1.807) is 20.8 Å². The van der Waals surface area contributed by atoms with Crippen LogP contribution in [-0.4, -0.2) is 46.3 Å². The molecule has 0 saturated heterocycles. The molecule has 2 heterocycles. The van der Waals surface area contributed by atoms with Gasteiger partial charge < -0.3 is 24.9 Å². The molecular formula is C19H24N4O7S. The monoisotopic (exact) mass is 452 g/mol. The third kappa shape index (κ3) is 5.08. The van der Waals surface area contributed by atoms with Gasteiger partial charge in [0.2, 0.25) is 0 Å². The van der Waals surface area contributed by atoms with Gasteiger partial charge in [-0.15, -0.1) is 11.3 Å². The minimum absolute atomic E-state index is 0.0743. The molecule has 1 amide bonds. The number of nitrogens with zero attached hydrogens (tertiary/aromatic N) is 3. The van der Waals surface area contributed by atoms with Crippen molar-refractivity contribution in [2.75, 3.05) is 19.0 Å². The fraction of sp³-hybridized carbons (Fsp3) is 0.474. The van der Waals surface area contributed by atoms with Crippen LogP contribution in [0.15, 0.2) is 6.07 Å². The van der Waals surface area contributed by atoms with Gasteiger partial charge in [-0.1, -0.05) is 13.8 Å². The maximum Gasteiger partial charge on any atom is 0.390 e. The van der Waals surface area contributed by atoms with Gasteiger partial charge in [-0.3, -0.25) is 4.79 Å². The number of nitrogens with one attached hydrogen (secondary N) is 1. The van der Waals surface area contributed by atoms with E-state index in [2.05, 4.69) is 10.4 Å². The lowest BCUT2D eigenvalue weighted by Gasteiger charge is -2.14. The van der Waals surface area contributed by atoms with Crippen LogP contribution in [0, 0.1) is 24.0 Å². The van der Waals surface area contributed by atoms with Crippen molar-refractivity contribution in [1.29, 1.82) is 0 Å². The SMILES string of the molecule is CCCOC(=O)c1c(NC(=O)C(CC)n2nc([N+](=O)[O-])cc2C)sc(C(=O)OC)c1C. The first-order valence-corrected chi connectivity index (χ1v) is 10.4. The molecule has 0 aliphatic rings. The van der Waals surface area contributed by atoms with Crippen molar-refractivity contribution >= 4 is 40.0 Å². The number of nitro groups is 1. The van der Waals surface area contributed by atoms with E-state index in [4.69, 9.17) is 9.47 Å². The maximum absolute atomic E-state index is 13.0. The Labute approximate surface area is 182 Å². The van der Waals surface area contributed by atoms with Crippen molar-refractivity contribution in [3.8, 4) is 0 Å². The zero-order valence-electron chi connectivity index (χ0n) is 17.9. The van der Waals surface area contributed by atoms with E-state index in [9.17, 15) is 24.5 Å². The molecule has 0 saturated carbocycles. The van der Waals surface area contributed by atoms with Crippen LogP contribution in [0.4, 0.5) is 10.8 Å². The van der Waals surface area contributed by atoms with Gasteiger partial charge in [0.25, 0.3) is 5.91 Å². The number of hydrogen-bond acceptors (Lipinski definition) is 9. The normalized spacial score (nSPS) is 11.6. The predicted octanol–water partition coefficient (Wildman–Crippen LogP) is 3.41. The summed E-state index contributed by atoms with van der Waals surface area (Å²) in [5.74, 6) is -2.21. The average molecular weight is 452 g/mol. The lowest BCUT2D eigenvalue weighted by atomic mass is 10.1. The second-order valence-electron chi connectivity index (χ2n) is 6.65. The van der Waals surface area contributed by atoms with E-state index in [-0.39, 0.29) is 34.3 Å². The number of rotatable bonds is 9. The molecule has 0 aliphatic heterocycles. The van der Waals surface area contributed by atoms with E-state index >= 15 is 0 Å². The minimum Gasteiger partial charge on any atom is -0.465 e. The first-order valence-electron chi connectivity index (χ1n) is 9.56. The second kappa shape index (κ2) is 10.2. The lowest BCUT2D eigenvalue weighted by molar-refractivity contribution is -0.389. The van der Waals surface area contributed by atoms with E-state index < -0.39 is 28.8 Å². The van der Waals surface area contributed by atoms with Gasteiger partial charge in [-0.25, -0.2) is 9.59 Å². The third-order valence-corrected chi connectivity index (χ3v) is 5.66. The van der Waals surface area contributed by atoms with Crippen LogP contribution in [0.3, 0.4) is 0 Å². The average Bonchev–Trinajstić information content (AvgIpc) is 3.26. The lowest BCUT2D eigenvalue weighted by Crippen LogP contribution is -2.27. The van der Waals surface area contributed by atoms with Gasteiger partial charge >= 0.3 is 17.8 Å². The van der Waals surface area contributed by atoms with Crippen LogP contribution in [0.25, 0.3) is 0 Å². The number of aryl methyl sites for hydroxylation is 1. The number of thiophene rings is 1. The van der Waals surface area contributed by atoms with Crippen LogP contribution >= 0.6 is 11.3 Å². The van der Waals surface area contributed by atoms with E-state index in [0.29, 0.717) is 17.7 Å². The molecule has 0 fully saturated rings. The molecule has 168 valence electrons. The topological polar surface area (TPSA) is 143 Å². The summed E-state index contributed by atoms with van der Waals surface area (Å²) in [6.07, 6.45) is 0.894. The molecule has 2 aromatic heterocycles. The predicted molar refractivity (Wildman–Crippen MR) is 113 cm³/mol. The molecule has 31 heavy (non-hydrogen) atoms. The molecule has 0 aromatic carbocycles. The van der Waals surface area contributed by atoms with Crippen molar-refractivity contribution in [3.05, 3.63) is 37.9 Å². The molecule has 0 bridgehead atoms. The Hall–Kier alpha value is -3.28. The molecular weight excluding hydrogens is 428 g/mol. The summed E-state index contributed by atoms with van der Waals surface area (Å²) < 4.78 is 11.2. The molecule has 1 atom stereocenters. The van der Waals surface area contributed by atoms with Crippen LogP contribution in [-0.2, 0) is 14.3 Å². The highest BCUT2D eigenvalue weighted by Gasteiger charge is 2.31. The van der Waals surface area contributed by atoms with E-state index in [1.807, 2.05) is 6.92 Å². The number of anilines is 1. The number of ether oxygens (including phenoxy) is 2. The first-order chi connectivity index (χ1) is 14.7. The smallest absolute Gasteiger partial charge is 0.390 e. The van der Waals surface area contributed by atoms with E-state index in [1.165, 1.54) is 17.9 Å². The van der Waals surface area contributed by atoms with Gasteiger partial charge in [0.05, 0.1) is 36.1 Å². The Morgan fingerprint density at radius 2 is 1.97 bits per heavy atom. The molecule has 0 aliphatic carbocycles. The third-order valence-electron chi connectivity index (χ3n) is 4.48. The van der Waals surface area contributed by atoms with Gasteiger partial charge in [0, 0.05) is 0 Å². The Morgan fingerprint density at radius 3 is 2.48 bits per heavy atom. The van der Waals surface area contributed by atoms with Crippen LogP contribution in [0.5, 0.6) is 0 Å². The van der Waals surface area contributed by atoms with Crippen molar-refractivity contribution < 1.29 is 28.8 Å². The Bertz CT molecular complexity index is 1010. The number of carbonyl (C=O) groups is 3. The largest absolute Gasteiger partial charge is 0.465 e. The fourth-order valence-electron chi connectivity index (χ4n) is 2.94. The highest BCUT2D eigenvalue weighted by molar-refractivity contribution is 7.18. The Balaban J connectivity index is 2.43. The van der Waals surface area contributed by atoms with Gasteiger partial charge in [0.1, 0.15) is 9.88 Å². The summed E-state index contributed by atoms with van der Waals surface area (Å²) in [7, 11) is 1.22. The summed E-state index contributed by atoms with van der Waals surface area (Å²) in [6.45, 7) is 6.93. The molecule has 1 N–H and O–H groups in total. The maximum atomic E-state index is 13.0. The molecule has 2 rings (SSSR count). The molecule has 12 heteroatoms. The zero-order valence-corrected chi connectivity index (χ0v) is 18.7. The standard InChI is InChI=1S/C19H24N4O7S/c1-6-8-30-18(25)14-11(4)15(19(26)29-5)31-17(14)20-16(24)12(7-2)22-10(3)9-13(21-22)23(27)28/h9,12H,6-8H2,1-5H3,(H,20,24). The minimum atomic E-state index is -0.864. The number of hydrogen-bond donors (Lipinski definition) is 1. The van der Waals surface area contributed by atoms with Gasteiger partial charge in [0.15, 0.2) is 6.04 Å².